The van der Waals surface area contributed by atoms with Gasteiger partial charge in [-0.1, -0.05) is 25.0 Å². The molecule has 2 heterocycles. The lowest BCUT2D eigenvalue weighted by molar-refractivity contribution is -0.122. The van der Waals surface area contributed by atoms with Gasteiger partial charge in [-0.25, -0.2) is 4.98 Å². The third-order valence-corrected chi connectivity index (χ3v) is 5.47. The molecule has 6 nitrogen and oxygen atoms in total. The number of nitrogens with two attached hydrogens (primary N) is 1. The number of pyridine rings is 1. The molecular weight excluding hydrogens is 352 g/mol. The maximum absolute atomic E-state index is 12.7. The van der Waals surface area contributed by atoms with Crippen LogP contribution < -0.4 is 15.8 Å². The molecule has 1 aliphatic carbocycles. The van der Waals surface area contributed by atoms with E-state index in [0.717, 1.165) is 42.7 Å². The Morgan fingerprint density at radius 2 is 2.21 bits per heavy atom. The number of rotatable bonds is 5. The number of nitrogens with zero attached hydrogens (tertiary/aromatic N) is 2. The lowest BCUT2D eigenvalue weighted by Gasteiger charge is -2.37. The Morgan fingerprint density at radius 3 is 3.04 bits per heavy atom. The highest BCUT2D eigenvalue weighted by Crippen LogP contribution is 2.32. The van der Waals surface area contributed by atoms with Gasteiger partial charge in [0.05, 0.1) is 11.6 Å². The monoisotopic (exact) mass is 378 g/mol. The van der Waals surface area contributed by atoms with Crippen LogP contribution in [0.4, 0.5) is 5.69 Å². The number of hydrogen-bond donors (Lipinski definition) is 2. The fraction of sp³-hybridized carbons (Fsp3) is 0.364. The SMILES string of the molecule is CC1(N)CCCCC1C(=O)Nc1cccc(OCc2cn3ccccc3n2)c1. The standard InChI is InChI=1S/C22H26N4O2/c1-22(23)11-4-2-9-19(22)21(27)25-16-7-6-8-18(13-16)28-15-17-14-26-12-5-3-10-20(26)24-17/h3,5-8,10,12-14,19H,2,4,9,11,15,23H2,1H3,(H,25,27). The lowest BCUT2D eigenvalue weighted by atomic mass is 9.74. The summed E-state index contributed by atoms with van der Waals surface area (Å²) in [7, 11) is 0. The molecule has 28 heavy (non-hydrogen) atoms. The lowest BCUT2D eigenvalue weighted by Crippen LogP contribution is -2.51. The van der Waals surface area contributed by atoms with Gasteiger partial charge >= 0.3 is 0 Å². The summed E-state index contributed by atoms with van der Waals surface area (Å²) in [6.45, 7) is 2.34. The number of carbonyl (C=O) groups is 1. The Labute approximate surface area is 164 Å². The minimum Gasteiger partial charge on any atom is -0.487 e. The van der Waals surface area contributed by atoms with Crippen molar-refractivity contribution in [2.75, 3.05) is 5.32 Å². The average Bonchev–Trinajstić information content (AvgIpc) is 3.09. The molecular formula is C22H26N4O2. The molecule has 1 saturated carbocycles. The van der Waals surface area contributed by atoms with Gasteiger partial charge in [0.25, 0.3) is 0 Å². The Kier molecular flexibility index (Phi) is 5.05. The van der Waals surface area contributed by atoms with E-state index in [1.165, 1.54) is 0 Å². The van der Waals surface area contributed by atoms with Crippen LogP contribution >= 0.6 is 0 Å². The molecule has 1 aliphatic rings. The zero-order valence-electron chi connectivity index (χ0n) is 16.1. The minimum absolute atomic E-state index is 0.0119. The summed E-state index contributed by atoms with van der Waals surface area (Å²) in [5.41, 5.74) is 8.37. The van der Waals surface area contributed by atoms with E-state index >= 15 is 0 Å². The number of aromatic nitrogens is 2. The van der Waals surface area contributed by atoms with Crippen LogP contribution in [0.5, 0.6) is 5.75 Å². The van der Waals surface area contributed by atoms with Crippen LogP contribution in [0.25, 0.3) is 5.65 Å². The first-order valence-electron chi connectivity index (χ1n) is 9.76. The molecule has 0 spiro atoms. The smallest absolute Gasteiger partial charge is 0.229 e. The highest BCUT2D eigenvalue weighted by molar-refractivity contribution is 5.93. The fourth-order valence-corrected chi connectivity index (χ4v) is 3.90. The van der Waals surface area contributed by atoms with Gasteiger partial charge in [-0.05, 0) is 44.0 Å². The summed E-state index contributed by atoms with van der Waals surface area (Å²) >= 11 is 0. The predicted octanol–water partition coefficient (Wildman–Crippen LogP) is 3.76. The van der Waals surface area contributed by atoms with E-state index in [-0.39, 0.29) is 11.8 Å². The number of ether oxygens (including phenoxy) is 1. The molecule has 0 saturated heterocycles. The largest absolute Gasteiger partial charge is 0.487 e. The summed E-state index contributed by atoms with van der Waals surface area (Å²) < 4.78 is 7.84. The van der Waals surface area contributed by atoms with Crippen molar-refractivity contribution < 1.29 is 9.53 Å². The van der Waals surface area contributed by atoms with Crippen molar-refractivity contribution in [3.8, 4) is 5.75 Å². The summed E-state index contributed by atoms with van der Waals surface area (Å²) in [6, 6.07) is 13.3. The maximum Gasteiger partial charge on any atom is 0.229 e. The van der Waals surface area contributed by atoms with E-state index in [1.807, 2.05) is 66.2 Å². The van der Waals surface area contributed by atoms with E-state index in [2.05, 4.69) is 10.3 Å². The van der Waals surface area contributed by atoms with Gasteiger partial charge in [-0.2, -0.15) is 0 Å². The Bertz CT molecular complexity index is 946. The van der Waals surface area contributed by atoms with Gasteiger partial charge in [-0.15, -0.1) is 0 Å². The molecule has 1 fully saturated rings. The van der Waals surface area contributed by atoms with Crippen molar-refractivity contribution >= 4 is 17.2 Å². The fourth-order valence-electron chi connectivity index (χ4n) is 3.90. The molecule has 4 rings (SSSR count). The molecule has 146 valence electrons. The Balaban J connectivity index is 1.40. The molecule has 0 radical (unpaired) electrons. The Morgan fingerprint density at radius 1 is 1.32 bits per heavy atom. The number of benzene rings is 1. The van der Waals surface area contributed by atoms with E-state index in [1.54, 1.807) is 0 Å². The van der Waals surface area contributed by atoms with Gasteiger partial charge in [0.15, 0.2) is 0 Å². The van der Waals surface area contributed by atoms with E-state index in [4.69, 9.17) is 10.5 Å². The number of anilines is 1. The number of nitrogens with one attached hydrogen (secondary N) is 1. The van der Waals surface area contributed by atoms with Gasteiger partial charge in [0.1, 0.15) is 18.0 Å². The van der Waals surface area contributed by atoms with Crippen molar-refractivity contribution in [2.45, 2.75) is 44.8 Å². The second-order valence-electron chi connectivity index (χ2n) is 7.81. The van der Waals surface area contributed by atoms with E-state index in [0.29, 0.717) is 12.4 Å². The molecule has 2 atom stereocenters. The van der Waals surface area contributed by atoms with Gasteiger partial charge in [0, 0.05) is 29.7 Å². The molecule has 6 heteroatoms. The van der Waals surface area contributed by atoms with Crippen molar-refractivity contribution in [3.05, 3.63) is 60.6 Å². The highest BCUT2D eigenvalue weighted by atomic mass is 16.5. The van der Waals surface area contributed by atoms with Gasteiger partial charge < -0.3 is 20.2 Å². The zero-order chi connectivity index (χ0) is 19.6. The number of fused-ring (bicyclic) bond motifs is 1. The molecule has 0 aliphatic heterocycles. The highest BCUT2D eigenvalue weighted by Gasteiger charge is 2.37. The number of carbonyl (C=O) groups excluding carboxylic acids is 1. The summed E-state index contributed by atoms with van der Waals surface area (Å²) in [6.07, 6.45) is 7.76. The number of imidazole rings is 1. The van der Waals surface area contributed by atoms with Gasteiger partial charge in [-0.3, -0.25) is 4.79 Å². The Hall–Kier alpha value is -2.86. The van der Waals surface area contributed by atoms with Crippen LogP contribution in [0.15, 0.2) is 54.9 Å². The summed E-state index contributed by atoms with van der Waals surface area (Å²) in [5.74, 6) is 0.514. The van der Waals surface area contributed by atoms with Crippen LogP contribution in [-0.4, -0.2) is 20.8 Å². The normalized spacial score (nSPS) is 22.1. The van der Waals surface area contributed by atoms with Crippen molar-refractivity contribution in [2.24, 2.45) is 11.7 Å². The maximum atomic E-state index is 12.7. The minimum atomic E-state index is -0.445. The predicted molar refractivity (Wildman–Crippen MR) is 109 cm³/mol. The quantitative estimate of drug-likeness (QED) is 0.708. The molecule has 3 N–H and O–H groups in total. The first-order valence-corrected chi connectivity index (χ1v) is 9.76. The van der Waals surface area contributed by atoms with E-state index in [9.17, 15) is 4.79 Å². The first-order chi connectivity index (χ1) is 13.5. The molecule has 1 aromatic carbocycles. The van der Waals surface area contributed by atoms with Crippen molar-refractivity contribution in [1.29, 1.82) is 0 Å². The number of amides is 1. The molecule has 3 aromatic rings. The summed E-state index contributed by atoms with van der Waals surface area (Å²) in [4.78, 5) is 17.3. The van der Waals surface area contributed by atoms with Crippen LogP contribution in [0.3, 0.4) is 0 Å². The van der Waals surface area contributed by atoms with Crippen LogP contribution in [0.2, 0.25) is 0 Å². The molecule has 2 unspecified atom stereocenters. The molecule has 2 aromatic heterocycles. The van der Waals surface area contributed by atoms with Crippen molar-refractivity contribution in [3.63, 3.8) is 0 Å². The first kappa shape index (κ1) is 18.5. The van der Waals surface area contributed by atoms with Crippen molar-refractivity contribution in [1.82, 2.24) is 9.38 Å². The third-order valence-electron chi connectivity index (χ3n) is 5.47. The van der Waals surface area contributed by atoms with Crippen LogP contribution in [0, 0.1) is 5.92 Å². The number of hydrogen-bond acceptors (Lipinski definition) is 4. The molecule has 1 amide bonds. The average molecular weight is 378 g/mol. The second-order valence-corrected chi connectivity index (χ2v) is 7.81. The third kappa shape index (κ3) is 4.02. The van der Waals surface area contributed by atoms with E-state index < -0.39 is 5.54 Å². The van der Waals surface area contributed by atoms with Crippen LogP contribution in [0.1, 0.15) is 38.3 Å². The zero-order valence-corrected chi connectivity index (χ0v) is 16.1. The summed E-state index contributed by atoms with van der Waals surface area (Å²) in [5, 5.41) is 3.01. The van der Waals surface area contributed by atoms with Crippen LogP contribution in [-0.2, 0) is 11.4 Å². The van der Waals surface area contributed by atoms with Gasteiger partial charge in [0.2, 0.25) is 5.91 Å². The second kappa shape index (κ2) is 7.64. The topological polar surface area (TPSA) is 81.7 Å². The molecule has 0 bridgehead atoms.